The maximum Gasteiger partial charge on any atom is 0.246 e. The van der Waals surface area contributed by atoms with Crippen LogP contribution in [0.25, 0.3) is 0 Å². The van der Waals surface area contributed by atoms with Gasteiger partial charge in [-0.2, -0.15) is 0 Å². The van der Waals surface area contributed by atoms with Gasteiger partial charge in [-0.05, 0) is 99.9 Å². The van der Waals surface area contributed by atoms with Crippen molar-refractivity contribution in [3.05, 3.63) is 12.3 Å². The average Bonchev–Trinajstić information content (AvgIpc) is 3.54. The average molecular weight is 1190 g/mol. The molecule has 0 saturated carbocycles. The van der Waals surface area contributed by atoms with E-state index in [4.69, 9.17) is 0 Å². The van der Waals surface area contributed by atoms with E-state index in [0.29, 0.717) is 0 Å². The van der Waals surface area contributed by atoms with Gasteiger partial charge in [0.25, 0.3) is 0 Å². The van der Waals surface area contributed by atoms with Crippen molar-refractivity contribution in [2.75, 3.05) is 48.8 Å². The van der Waals surface area contributed by atoms with Crippen LogP contribution < -0.4 is 26.6 Å². The Labute approximate surface area is 500 Å². The van der Waals surface area contributed by atoms with Gasteiger partial charge in [-0.1, -0.05) is 96.9 Å². The standard InChI is InChI=1S/C60H107N11O13/c1-23-41-56(80)66(17)31-46(73)63-42(27-32(2)3)52(76)65-47(36(10)11)59(83)67(18)43(28-33(4)5)53(77)61-39(15)51(75)62-40(16)55(79)68(19)44(29-34(6)7)57(81)69(20)45(30-35(8)9)58(82)70(21)48(37(12)13)60(84)71(22)49(54(78)64-41)50(74)38(14)25-24-26-72/h24,26,32-45,47-50,72,74H,23,25,27-31H2,1-22H3,(H,61,77)(H,62,75)(H,63,73)(H,64,78)(H,65,76)/b26-24+/t38?,39-,40+,41-,42-,43-,44-,45-,47-,48-,49-,50?/m0/s1. The third-order valence-electron chi connectivity index (χ3n) is 15.5. The second-order valence-electron chi connectivity index (χ2n) is 25.5. The van der Waals surface area contributed by atoms with Crippen LogP contribution in [0.1, 0.15) is 149 Å². The number of amides is 11. The molecule has 12 atom stereocenters. The number of aliphatic hydroxyl groups excluding tert-OH is 2. The molecular weight excluding hydrogens is 1080 g/mol. The van der Waals surface area contributed by atoms with Gasteiger partial charge in [-0.3, -0.25) is 52.7 Å². The first-order valence-electron chi connectivity index (χ1n) is 29.9. The van der Waals surface area contributed by atoms with Crippen molar-refractivity contribution in [2.24, 2.45) is 41.4 Å². The van der Waals surface area contributed by atoms with E-state index in [1.807, 2.05) is 55.4 Å². The van der Waals surface area contributed by atoms with E-state index in [9.17, 15) is 53.4 Å². The molecule has 0 aromatic carbocycles. The van der Waals surface area contributed by atoms with Crippen molar-refractivity contribution in [3.63, 3.8) is 0 Å². The third-order valence-corrected chi connectivity index (χ3v) is 15.5. The zero-order valence-electron chi connectivity index (χ0n) is 54.6. The second-order valence-corrected chi connectivity index (χ2v) is 25.5. The highest BCUT2D eigenvalue weighted by molar-refractivity contribution is 5.99. The smallest absolute Gasteiger partial charge is 0.246 e. The van der Waals surface area contributed by atoms with Crippen LogP contribution in [-0.2, 0) is 52.7 Å². The minimum absolute atomic E-state index is 0.0126. The fourth-order valence-corrected chi connectivity index (χ4v) is 10.4. The first-order valence-corrected chi connectivity index (χ1v) is 29.9. The molecule has 1 rings (SSSR count). The Bertz CT molecular complexity index is 2290. The lowest BCUT2D eigenvalue weighted by Crippen LogP contribution is -2.63. The molecule has 84 heavy (non-hydrogen) atoms. The van der Waals surface area contributed by atoms with Crippen LogP contribution in [0.4, 0.5) is 0 Å². The monoisotopic (exact) mass is 1190 g/mol. The molecule has 1 aliphatic heterocycles. The summed E-state index contributed by atoms with van der Waals surface area (Å²) < 4.78 is 0. The van der Waals surface area contributed by atoms with Crippen LogP contribution in [-0.4, -0.2) is 220 Å². The summed E-state index contributed by atoms with van der Waals surface area (Å²) in [6.45, 7) is 27.1. The highest BCUT2D eigenvalue weighted by Crippen LogP contribution is 2.25. The summed E-state index contributed by atoms with van der Waals surface area (Å²) in [6, 6.07) is -12.6. The molecule has 2 unspecified atom stereocenters. The van der Waals surface area contributed by atoms with Crippen LogP contribution in [0.3, 0.4) is 0 Å². The topological polar surface area (TPSA) is 308 Å². The number of hydrogen-bond donors (Lipinski definition) is 7. The van der Waals surface area contributed by atoms with E-state index < -0.39 is 156 Å². The molecule has 0 bridgehead atoms. The Morgan fingerprint density at radius 1 is 0.464 bits per heavy atom. The van der Waals surface area contributed by atoms with Crippen LogP contribution in [0, 0.1) is 41.4 Å². The predicted octanol–water partition coefficient (Wildman–Crippen LogP) is 2.42. The maximum atomic E-state index is 15.1. The van der Waals surface area contributed by atoms with Crippen molar-refractivity contribution in [2.45, 2.75) is 216 Å². The van der Waals surface area contributed by atoms with E-state index in [1.54, 1.807) is 41.5 Å². The first kappa shape index (κ1) is 75.7. The molecule has 0 aliphatic carbocycles. The van der Waals surface area contributed by atoms with Gasteiger partial charge in [0.1, 0.15) is 60.4 Å². The minimum Gasteiger partial charge on any atom is -0.516 e. The number of aliphatic hydroxyl groups is 2. The summed E-state index contributed by atoms with van der Waals surface area (Å²) in [5.41, 5.74) is 0. The number of carbonyl (C=O) groups is 11. The molecule has 7 N–H and O–H groups in total. The maximum absolute atomic E-state index is 15.1. The molecule has 24 nitrogen and oxygen atoms in total. The fourth-order valence-electron chi connectivity index (χ4n) is 10.4. The Kier molecular flexibility index (Phi) is 31.2. The molecular formula is C60H107N11O13. The van der Waals surface area contributed by atoms with Gasteiger partial charge in [0.2, 0.25) is 65.0 Å². The van der Waals surface area contributed by atoms with Crippen LogP contribution in [0.15, 0.2) is 12.3 Å². The Hall–Kier alpha value is -6.33. The number of likely N-dealkylation sites (N-methyl/N-ethyl adjacent to an activating group) is 6. The Morgan fingerprint density at radius 2 is 0.917 bits per heavy atom. The minimum atomic E-state index is -1.69. The SMILES string of the molecule is CC[C@@H]1NC(=O)[C@H](C(O)C(C)C/C=C/O)N(C)C(=O)[C@H](C(C)C)N(C)C(=O)[C@H](CC(C)C)N(C)C(=O)[C@H](CC(C)C)N(C)C(=O)[C@@H](C)NC(=O)[C@H](C)NC(=O)[C@H](CC(C)C)N(C)C(=O)[C@H](C(C)C)NC(=O)[C@H](CC(C)C)NC(=O)CN(C)C1=O. The molecule has 480 valence electrons. The second kappa shape index (κ2) is 34.6. The number of nitrogens with zero attached hydrogens (tertiary/aromatic N) is 6. The molecule has 24 heteroatoms. The summed E-state index contributed by atoms with van der Waals surface area (Å²) in [6.07, 6.45) is 1.11. The molecule has 0 radical (unpaired) electrons. The summed E-state index contributed by atoms with van der Waals surface area (Å²) >= 11 is 0. The lowest BCUT2D eigenvalue weighted by atomic mass is 9.91. The number of allylic oxidation sites excluding steroid dienone is 1. The Balaban J connectivity index is 4.27. The van der Waals surface area contributed by atoms with Gasteiger partial charge in [0.15, 0.2) is 0 Å². The Morgan fingerprint density at radius 3 is 1.38 bits per heavy atom. The predicted molar refractivity (Wildman–Crippen MR) is 321 cm³/mol. The first-order chi connectivity index (χ1) is 38.8. The number of rotatable bonds is 15. The molecule has 1 fully saturated rings. The van der Waals surface area contributed by atoms with Crippen molar-refractivity contribution < 1.29 is 63.0 Å². The van der Waals surface area contributed by atoms with Gasteiger partial charge in [0.05, 0.1) is 18.9 Å². The van der Waals surface area contributed by atoms with E-state index >= 15 is 9.59 Å². The fraction of sp³-hybridized carbons (Fsp3) is 0.783. The summed E-state index contributed by atoms with van der Waals surface area (Å²) in [5, 5.41) is 35.0. The lowest BCUT2D eigenvalue weighted by molar-refractivity contribution is -0.157. The molecule has 1 heterocycles. The van der Waals surface area contributed by atoms with E-state index in [0.717, 1.165) is 16.1 Å². The van der Waals surface area contributed by atoms with Crippen LogP contribution >= 0.6 is 0 Å². The normalized spacial score (nSPS) is 26.9. The highest BCUT2D eigenvalue weighted by atomic mass is 16.3. The summed E-state index contributed by atoms with van der Waals surface area (Å²) in [4.78, 5) is 166. The molecule has 0 aromatic rings. The molecule has 11 amide bonds. The lowest BCUT2D eigenvalue weighted by Gasteiger charge is -2.41. The molecule has 1 saturated heterocycles. The van der Waals surface area contributed by atoms with E-state index in [2.05, 4.69) is 26.6 Å². The van der Waals surface area contributed by atoms with Crippen molar-refractivity contribution in [3.8, 4) is 0 Å². The van der Waals surface area contributed by atoms with Gasteiger partial charge in [-0.25, -0.2) is 0 Å². The van der Waals surface area contributed by atoms with Gasteiger partial charge in [0, 0.05) is 42.3 Å². The third kappa shape index (κ3) is 21.6. The molecule has 0 aromatic heterocycles. The number of hydrogen-bond acceptors (Lipinski definition) is 13. The largest absolute Gasteiger partial charge is 0.516 e. The number of carbonyl (C=O) groups excluding carboxylic acids is 11. The highest BCUT2D eigenvalue weighted by Gasteiger charge is 2.45. The molecule has 1 aliphatic rings. The zero-order chi connectivity index (χ0) is 65.1. The van der Waals surface area contributed by atoms with Crippen molar-refractivity contribution in [1.29, 1.82) is 0 Å². The van der Waals surface area contributed by atoms with Gasteiger partial charge >= 0.3 is 0 Å². The molecule has 0 spiro atoms. The summed E-state index contributed by atoms with van der Waals surface area (Å²) in [7, 11) is 8.32. The summed E-state index contributed by atoms with van der Waals surface area (Å²) in [5.74, 6) is -10.4. The van der Waals surface area contributed by atoms with E-state index in [-0.39, 0.29) is 62.2 Å². The van der Waals surface area contributed by atoms with Crippen LogP contribution in [0.5, 0.6) is 0 Å². The quantitative estimate of drug-likeness (QED) is 0.116. The zero-order valence-corrected chi connectivity index (χ0v) is 54.6. The van der Waals surface area contributed by atoms with Crippen molar-refractivity contribution in [1.82, 2.24) is 56.0 Å². The van der Waals surface area contributed by atoms with Gasteiger partial charge in [-0.15, -0.1) is 0 Å². The van der Waals surface area contributed by atoms with Crippen LogP contribution in [0.2, 0.25) is 0 Å². The van der Waals surface area contributed by atoms with Crippen molar-refractivity contribution >= 4 is 65.0 Å². The van der Waals surface area contributed by atoms with E-state index in [1.165, 1.54) is 81.8 Å². The van der Waals surface area contributed by atoms with Gasteiger partial charge < -0.3 is 66.2 Å². The number of nitrogens with one attached hydrogen (secondary N) is 5.